The third-order valence-electron chi connectivity index (χ3n) is 1.95. The number of aromatic nitrogens is 1. The summed E-state index contributed by atoms with van der Waals surface area (Å²) in [5.41, 5.74) is 7.62. The summed E-state index contributed by atoms with van der Waals surface area (Å²) in [5, 5.41) is 8.46. The number of para-hydroxylation sites is 1. The zero-order valence-corrected chi connectivity index (χ0v) is 9.78. The molecule has 1 aromatic heterocycles. The molecule has 1 atom stereocenters. The maximum atomic E-state index is 9.90. The lowest BCUT2D eigenvalue weighted by molar-refractivity contribution is -0.126. The molecule has 0 bridgehead atoms. The molecule has 3 N–H and O–H groups in total. The Kier molecular flexibility index (Phi) is 4.88. The number of fused-ring (bicyclic) bond motifs is 1. The standard InChI is InChI=1S/C7H5NS.C4H9NO2/c1-2-4-7-6(3-1)8-5-9-7;1-2-3(6)4(5)7/h1-5H;3,6H,2H2,1H3,(H2,5,7). The number of hydrogen-bond donors (Lipinski definition) is 2. The lowest BCUT2D eigenvalue weighted by Gasteiger charge is -1.97. The normalized spacial score (nSPS) is 11.6. The van der Waals surface area contributed by atoms with Crippen LogP contribution >= 0.6 is 11.3 Å². The van der Waals surface area contributed by atoms with Gasteiger partial charge in [-0.05, 0) is 18.6 Å². The molecule has 16 heavy (non-hydrogen) atoms. The average molecular weight is 238 g/mol. The van der Waals surface area contributed by atoms with Crippen molar-refractivity contribution < 1.29 is 9.90 Å². The quantitative estimate of drug-likeness (QED) is 0.833. The van der Waals surface area contributed by atoms with E-state index in [4.69, 9.17) is 5.11 Å². The van der Waals surface area contributed by atoms with Crippen molar-refractivity contribution in [3.63, 3.8) is 0 Å². The summed E-state index contributed by atoms with van der Waals surface area (Å²) in [6.45, 7) is 1.69. The molecule has 0 radical (unpaired) electrons. The third-order valence-corrected chi connectivity index (χ3v) is 2.76. The maximum Gasteiger partial charge on any atom is 0.246 e. The predicted octanol–water partition coefficient (Wildman–Crippen LogP) is 1.54. The molecule has 1 heterocycles. The van der Waals surface area contributed by atoms with E-state index in [0.29, 0.717) is 6.42 Å². The summed E-state index contributed by atoms with van der Waals surface area (Å²) in [5.74, 6) is -0.650. The van der Waals surface area contributed by atoms with Gasteiger partial charge in [-0.15, -0.1) is 11.3 Å². The van der Waals surface area contributed by atoms with E-state index in [1.54, 1.807) is 18.3 Å². The van der Waals surface area contributed by atoms with Gasteiger partial charge in [0, 0.05) is 0 Å². The van der Waals surface area contributed by atoms with Crippen LogP contribution in [0.3, 0.4) is 0 Å². The molecule has 0 aliphatic carbocycles. The summed E-state index contributed by atoms with van der Waals surface area (Å²) in [4.78, 5) is 14.0. The number of hydrogen-bond acceptors (Lipinski definition) is 4. The summed E-state index contributed by atoms with van der Waals surface area (Å²) >= 11 is 1.68. The Labute approximate surface area is 97.7 Å². The third kappa shape index (κ3) is 3.60. The van der Waals surface area contributed by atoms with E-state index in [1.807, 2.05) is 23.7 Å². The van der Waals surface area contributed by atoms with E-state index in [1.165, 1.54) is 4.70 Å². The van der Waals surface area contributed by atoms with Crippen LogP contribution in [0.5, 0.6) is 0 Å². The fourth-order valence-corrected chi connectivity index (χ4v) is 1.68. The number of rotatable bonds is 2. The van der Waals surface area contributed by atoms with Crippen molar-refractivity contribution in [1.82, 2.24) is 4.98 Å². The summed E-state index contributed by atoms with van der Waals surface area (Å²) in [6.07, 6.45) is -0.560. The molecule has 5 heteroatoms. The van der Waals surface area contributed by atoms with Gasteiger partial charge in [-0.2, -0.15) is 0 Å². The van der Waals surface area contributed by atoms with Gasteiger partial charge in [-0.25, -0.2) is 4.98 Å². The molecule has 2 aromatic rings. The van der Waals surface area contributed by atoms with Crippen LogP contribution in [0.15, 0.2) is 29.8 Å². The number of aliphatic hydroxyl groups is 1. The second-order valence-corrected chi connectivity index (χ2v) is 4.03. The monoisotopic (exact) mass is 238 g/mol. The van der Waals surface area contributed by atoms with Gasteiger partial charge >= 0.3 is 0 Å². The first kappa shape index (κ1) is 12.6. The zero-order chi connectivity index (χ0) is 12.0. The van der Waals surface area contributed by atoms with Crippen molar-refractivity contribution in [1.29, 1.82) is 0 Å². The first-order valence-electron chi connectivity index (χ1n) is 4.90. The van der Waals surface area contributed by atoms with E-state index >= 15 is 0 Å². The van der Waals surface area contributed by atoms with Gasteiger partial charge in [0.15, 0.2) is 0 Å². The molecule has 0 saturated heterocycles. The Bertz CT molecular complexity index is 426. The highest BCUT2D eigenvalue weighted by Crippen LogP contribution is 2.15. The fraction of sp³-hybridized carbons (Fsp3) is 0.273. The van der Waals surface area contributed by atoms with Crippen molar-refractivity contribution in [2.24, 2.45) is 5.73 Å². The van der Waals surface area contributed by atoms with E-state index in [-0.39, 0.29) is 0 Å². The highest BCUT2D eigenvalue weighted by Gasteiger charge is 2.04. The molecule has 0 fully saturated rings. The van der Waals surface area contributed by atoms with Gasteiger partial charge in [0.05, 0.1) is 15.7 Å². The Balaban J connectivity index is 0.000000168. The molecular weight excluding hydrogens is 224 g/mol. The van der Waals surface area contributed by atoms with Gasteiger partial charge in [0.2, 0.25) is 5.91 Å². The molecule has 0 spiro atoms. The zero-order valence-electron chi connectivity index (χ0n) is 8.96. The maximum absolute atomic E-state index is 9.90. The highest BCUT2D eigenvalue weighted by atomic mass is 32.1. The number of amides is 1. The lowest BCUT2D eigenvalue weighted by atomic mass is 10.3. The van der Waals surface area contributed by atoms with E-state index in [2.05, 4.69) is 16.8 Å². The van der Waals surface area contributed by atoms with E-state index in [0.717, 1.165) is 5.52 Å². The number of aliphatic hydroxyl groups excluding tert-OH is 1. The second kappa shape index (κ2) is 6.19. The Hall–Kier alpha value is -1.46. The van der Waals surface area contributed by atoms with Crippen molar-refractivity contribution >= 4 is 27.5 Å². The number of thiazole rings is 1. The largest absolute Gasteiger partial charge is 0.383 e. The summed E-state index contributed by atoms with van der Waals surface area (Å²) < 4.78 is 1.26. The highest BCUT2D eigenvalue weighted by molar-refractivity contribution is 7.16. The Morgan fingerprint density at radius 1 is 1.56 bits per heavy atom. The molecule has 1 amide bonds. The second-order valence-electron chi connectivity index (χ2n) is 3.15. The molecule has 1 aromatic carbocycles. The van der Waals surface area contributed by atoms with Crippen LogP contribution in [0, 0.1) is 0 Å². The van der Waals surface area contributed by atoms with Gasteiger partial charge in [-0.1, -0.05) is 19.1 Å². The van der Waals surface area contributed by atoms with Crippen LogP contribution in [0.4, 0.5) is 0 Å². The van der Waals surface area contributed by atoms with Crippen molar-refractivity contribution in [2.45, 2.75) is 19.4 Å². The van der Waals surface area contributed by atoms with Crippen LogP contribution in [-0.4, -0.2) is 22.1 Å². The number of carbonyl (C=O) groups excluding carboxylic acids is 1. The molecule has 86 valence electrons. The lowest BCUT2D eigenvalue weighted by Crippen LogP contribution is -2.26. The van der Waals surface area contributed by atoms with Crippen molar-refractivity contribution in [3.8, 4) is 0 Å². The number of primary amides is 1. The molecule has 1 unspecified atom stereocenters. The SMILES string of the molecule is CCC(O)C(N)=O.c1ccc2scnc2c1. The Morgan fingerprint density at radius 2 is 2.25 bits per heavy atom. The van der Waals surface area contributed by atoms with Crippen LogP contribution in [0.2, 0.25) is 0 Å². The van der Waals surface area contributed by atoms with Gasteiger partial charge in [0.1, 0.15) is 6.10 Å². The predicted molar refractivity (Wildman–Crippen MR) is 65.1 cm³/mol. The molecule has 4 nitrogen and oxygen atoms in total. The fourth-order valence-electron chi connectivity index (χ4n) is 1.00. The average Bonchev–Trinajstić information content (AvgIpc) is 2.76. The summed E-state index contributed by atoms with van der Waals surface area (Å²) in [7, 11) is 0. The topological polar surface area (TPSA) is 76.2 Å². The van der Waals surface area contributed by atoms with Crippen LogP contribution in [0.25, 0.3) is 10.2 Å². The molecule has 2 rings (SSSR count). The number of nitrogens with zero attached hydrogens (tertiary/aromatic N) is 1. The van der Waals surface area contributed by atoms with E-state index in [9.17, 15) is 4.79 Å². The van der Waals surface area contributed by atoms with Crippen LogP contribution in [0.1, 0.15) is 13.3 Å². The molecule has 0 saturated carbocycles. The first-order valence-corrected chi connectivity index (χ1v) is 5.78. The number of benzene rings is 1. The van der Waals surface area contributed by atoms with Crippen LogP contribution in [-0.2, 0) is 4.79 Å². The van der Waals surface area contributed by atoms with Crippen molar-refractivity contribution in [3.05, 3.63) is 29.8 Å². The minimum Gasteiger partial charge on any atom is -0.383 e. The first-order chi connectivity index (χ1) is 7.65. The smallest absolute Gasteiger partial charge is 0.246 e. The van der Waals surface area contributed by atoms with Gasteiger partial charge in [0.25, 0.3) is 0 Å². The van der Waals surface area contributed by atoms with E-state index < -0.39 is 12.0 Å². The summed E-state index contributed by atoms with van der Waals surface area (Å²) in [6, 6.07) is 8.13. The Morgan fingerprint density at radius 3 is 2.75 bits per heavy atom. The van der Waals surface area contributed by atoms with Gasteiger partial charge < -0.3 is 10.8 Å². The molecule has 0 aliphatic heterocycles. The van der Waals surface area contributed by atoms with Gasteiger partial charge in [-0.3, -0.25) is 4.79 Å². The number of carbonyl (C=O) groups is 1. The minimum atomic E-state index is -0.958. The molecule has 0 aliphatic rings. The van der Waals surface area contributed by atoms with Crippen LogP contribution < -0.4 is 5.73 Å². The van der Waals surface area contributed by atoms with Crippen molar-refractivity contribution in [2.75, 3.05) is 0 Å². The molecular formula is C11H14N2O2S. The minimum absolute atomic E-state index is 0.398. The number of nitrogens with two attached hydrogens (primary N) is 1.